The second-order valence-electron chi connectivity index (χ2n) is 6.76. The molecule has 0 unspecified atom stereocenters. The Labute approximate surface area is 174 Å². The molecule has 0 bridgehead atoms. The van der Waals surface area contributed by atoms with Crippen LogP contribution in [-0.2, 0) is 12.7 Å². The number of nitrogens with zero attached hydrogens (tertiary/aromatic N) is 3. The van der Waals surface area contributed by atoms with E-state index in [-0.39, 0.29) is 12.1 Å². The summed E-state index contributed by atoms with van der Waals surface area (Å²) in [6.07, 6.45) is -2.84. The van der Waals surface area contributed by atoms with Crippen molar-refractivity contribution >= 4 is 32.6 Å². The highest BCUT2D eigenvalue weighted by atomic mass is 32.1. The Morgan fingerprint density at radius 3 is 2.50 bits per heavy atom. The molecule has 2 heterocycles. The standard InChI is InChI=1S/C22H16F3N3OS/c1-14-5-10-18-19(12-14)30-21(27-18)28(13-17-4-2-3-11-26-17)20(29)15-6-8-16(9-7-15)22(23,24)25/h2-12H,13H2,1H3. The number of carbonyl (C=O) groups is 1. The number of rotatable bonds is 4. The molecule has 152 valence electrons. The molecule has 0 aliphatic heterocycles. The Bertz CT molecular complexity index is 1190. The highest BCUT2D eigenvalue weighted by molar-refractivity contribution is 7.22. The Morgan fingerprint density at radius 1 is 1.07 bits per heavy atom. The predicted molar refractivity (Wildman–Crippen MR) is 111 cm³/mol. The maximum absolute atomic E-state index is 13.2. The summed E-state index contributed by atoms with van der Waals surface area (Å²) in [6, 6.07) is 15.4. The number of carbonyl (C=O) groups excluding carboxylic acids is 1. The maximum atomic E-state index is 13.2. The van der Waals surface area contributed by atoms with Gasteiger partial charge in [0.1, 0.15) is 0 Å². The normalized spacial score (nSPS) is 11.6. The molecule has 30 heavy (non-hydrogen) atoms. The number of amides is 1. The zero-order chi connectivity index (χ0) is 21.3. The van der Waals surface area contributed by atoms with Crippen LogP contribution in [0.2, 0.25) is 0 Å². The smallest absolute Gasteiger partial charge is 0.278 e. The van der Waals surface area contributed by atoms with E-state index in [2.05, 4.69) is 9.97 Å². The number of hydrogen-bond donors (Lipinski definition) is 0. The first kappa shape index (κ1) is 20.0. The highest BCUT2D eigenvalue weighted by Crippen LogP contribution is 2.32. The van der Waals surface area contributed by atoms with Crippen molar-refractivity contribution in [2.45, 2.75) is 19.6 Å². The summed E-state index contributed by atoms with van der Waals surface area (Å²) in [5, 5.41) is 0.464. The summed E-state index contributed by atoms with van der Waals surface area (Å²) >= 11 is 1.36. The van der Waals surface area contributed by atoms with Gasteiger partial charge in [0.05, 0.1) is 28.0 Å². The molecule has 0 fully saturated rings. The molecule has 0 N–H and O–H groups in total. The minimum atomic E-state index is -4.46. The average molecular weight is 427 g/mol. The molecule has 0 aliphatic carbocycles. The third-order valence-electron chi connectivity index (χ3n) is 4.51. The molecule has 0 atom stereocenters. The van der Waals surface area contributed by atoms with E-state index < -0.39 is 17.6 Å². The van der Waals surface area contributed by atoms with Crippen LogP contribution in [0.5, 0.6) is 0 Å². The van der Waals surface area contributed by atoms with Crippen LogP contribution in [0.25, 0.3) is 10.2 Å². The van der Waals surface area contributed by atoms with Crippen LogP contribution in [0.15, 0.2) is 66.9 Å². The molecule has 0 saturated heterocycles. The number of anilines is 1. The number of alkyl halides is 3. The molecule has 0 aliphatic rings. The topological polar surface area (TPSA) is 46.1 Å². The number of aromatic nitrogens is 2. The van der Waals surface area contributed by atoms with Gasteiger partial charge in [0.15, 0.2) is 5.13 Å². The summed E-state index contributed by atoms with van der Waals surface area (Å²) in [5.41, 5.74) is 1.82. The van der Waals surface area contributed by atoms with Gasteiger partial charge in [-0.05, 0) is 61.0 Å². The quantitative estimate of drug-likeness (QED) is 0.409. The van der Waals surface area contributed by atoms with Crippen molar-refractivity contribution in [3.63, 3.8) is 0 Å². The first-order chi connectivity index (χ1) is 14.3. The maximum Gasteiger partial charge on any atom is 0.416 e. The number of benzene rings is 2. The highest BCUT2D eigenvalue weighted by Gasteiger charge is 2.31. The van der Waals surface area contributed by atoms with Gasteiger partial charge >= 0.3 is 6.18 Å². The minimum Gasteiger partial charge on any atom is -0.278 e. The fraction of sp³-hybridized carbons (Fsp3) is 0.136. The number of hydrogen-bond acceptors (Lipinski definition) is 4. The fourth-order valence-electron chi connectivity index (χ4n) is 2.97. The van der Waals surface area contributed by atoms with Crippen molar-refractivity contribution in [2.75, 3.05) is 4.90 Å². The molecule has 2 aromatic carbocycles. The van der Waals surface area contributed by atoms with Gasteiger partial charge in [-0.2, -0.15) is 13.2 Å². The van der Waals surface area contributed by atoms with Crippen LogP contribution < -0.4 is 4.90 Å². The van der Waals surface area contributed by atoms with E-state index >= 15 is 0 Å². The molecule has 4 rings (SSSR count). The van der Waals surface area contributed by atoms with Gasteiger partial charge in [-0.1, -0.05) is 23.5 Å². The predicted octanol–water partition coefficient (Wildman–Crippen LogP) is 5.87. The van der Waals surface area contributed by atoms with Crippen LogP contribution in [0.1, 0.15) is 27.2 Å². The van der Waals surface area contributed by atoms with Crippen molar-refractivity contribution < 1.29 is 18.0 Å². The Morgan fingerprint density at radius 2 is 1.83 bits per heavy atom. The van der Waals surface area contributed by atoms with Gasteiger partial charge in [-0.25, -0.2) is 4.98 Å². The molecular formula is C22H16F3N3OS. The van der Waals surface area contributed by atoms with E-state index in [0.717, 1.165) is 27.9 Å². The average Bonchev–Trinajstić information content (AvgIpc) is 3.14. The molecule has 0 spiro atoms. The minimum absolute atomic E-state index is 0.148. The van der Waals surface area contributed by atoms with Gasteiger partial charge in [-0.3, -0.25) is 14.7 Å². The fourth-order valence-corrected chi connectivity index (χ4v) is 4.03. The SMILES string of the molecule is Cc1ccc2nc(N(Cc3ccccn3)C(=O)c3ccc(C(F)(F)F)cc3)sc2c1. The van der Waals surface area contributed by atoms with Crippen molar-refractivity contribution in [3.8, 4) is 0 Å². The second-order valence-corrected chi connectivity index (χ2v) is 7.76. The Hall–Kier alpha value is -3.26. The molecule has 8 heteroatoms. The second kappa shape index (κ2) is 7.87. The number of halogens is 3. The lowest BCUT2D eigenvalue weighted by atomic mass is 10.1. The molecular weight excluding hydrogens is 411 g/mol. The molecule has 4 nitrogen and oxygen atoms in total. The van der Waals surface area contributed by atoms with Gasteiger partial charge in [0.25, 0.3) is 5.91 Å². The van der Waals surface area contributed by atoms with Crippen molar-refractivity contribution in [3.05, 3.63) is 89.2 Å². The van der Waals surface area contributed by atoms with E-state index in [1.165, 1.54) is 28.4 Å². The molecule has 0 radical (unpaired) electrons. The summed E-state index contributed by atoms with van der Waals surface area (Å²) in [4.78, 5) is 23.5. The van der Waals surface area contributed by atoms with E-state index in [0.29, 0.717) is 10.8 Å². The Balaban J connectivity index is 1.73. The van der Waals surface area contributed by atoms with Crippen molar-refractivity contribution in [2.24, 2.45) is 0 Å². The summed E-state index contributed by atoms with van der Waals surface area (Å²) in [5.74, 6) is -0.440. The number of thiazole rings is 1. The lowest BCUT2D eigenvalue weighted by Gasteiger charge is -2.20. The van der Waals surface area contributed by atoms with Crippen LogP contribution in [-0.4, -0.2) is 15.9 Å². The molecule has 2 aromatic heterocycles. The van der Waals surface area contributed by atoms with Gasteiger partial charge < -0.3 is 0 Å². The summed E-state index contributed by atoms with van der Waals surface area (Å²) in [7, 11) is 0. The van der Waals surface area contributed by atoms with Crippen LogP contribution >= 0.6 is 11.3 Å². The van der Waals surface area contributed by atoms with Gasteiger partial charge in [0.2, 0.25) is 0 Å². The lowest BCUT2D eigenvalue weighted by molar-refractivity contribution is -0.137. The molecule has 1 amide bonds. The van der Waals surface area contributed by atoms with Crippen LogP contribution in [0.3, 0.4) is 0 Å². The zero-order valence-electron chi connectivity index (χ0n) is 15.8. The first-order valence-corrected chi connectivity index (χ1v) is 9.89. The third kappa shape index (κ3) is 4.18. The first-order valence-electron chi connectivity index (χ1n) is 9.07. The largest absolute Gasteiger partial charge is 0.416 e. The van der Waals surface area contributed by atoms with E-state index in [4.69, 9.17) is 0 Å². The van der Waals surface area contributed by atoms with E-state index in [9.17, 15) is 18.0 Å². The van der Waals surface area contributed by atoms with Crippen LogP contribution in [0, 0.1) is 6.92 Å². The third-order valence-corrected chi connectivity index (χ3v) is 5.56. The van der Waals surface area contributed by atoms with Crippen LogP contribution in [0.4, 0.5) is 18.3 Å². The number of aryl methyl sites for hydroxylation is 1. The monoisotopic (exact) mass is 427 g/mol. The van der Waals surface area contributed by atoms with Crippen molar-refractivity contribution in [1.29, 1.82) is 0 Å². The lowest BCUT2D eigenvalue weighted by Crippen LogP contribution is -2.30. The molecule has 0 saturated carbocycles. The van der Waals surface area contributed by atoms with Crippen molar-refractivity contribution in [1.82, 2.24) is 9.97 Å². The summed E-state index contributed by atoms with van der Waals surface area (Å²) < 4.78 is 39.5. The van der Waals surface area contributed by atoms with E-state index in [1.54, 1.807) is 18.3 Å². The Kier molecular flexibility index (Phi) is 5.26. The number of pyridine rings is 1. The van der Waals surface area contributed by atoms with Gasteiger partial charge in [-0.15, -0.1) is 0 Å². The zero-order valence-corrected chi connectivity index (χ0v) is 16.7. The summed E-state index contributed by atoms with van der Waals surface area (Å²) in [6.45, 7) is 2.12. The number of fused-ring (bicyclic) bond motifs is 1. The van der Waals surface area contributed by atoms with E-state index in [1.807, 2.05) is 31.2 Å². The van der Waals surface area contributed by atoms with Gasteiger partial charge in [0, 0.05) is 11.8 Å². The molecule has 4 aromatic rings.